The number of nitrogens with zero attached hydrogens (tertiary/aromatic N) is 6. The fourth-order valence-corrected chi connectivity index (χ4v) is 4.01. The maximum absolute atomic E-state index is 13.0. The van der Waals surface area contributed by atoms with Crippen molar-refractivity contribution >= 4 is 17.5 Å². The molecular weight excluding hydrogens is 394 g/mol. The van der Waals surface area contributed by atoms with Gasteiger partial charge in [-0.2, -0.15) is 10.2 Å². The van der Waals surface area contributed by atoms with Gasteiger partial charge in [0.15, 0.2) is 0 Å². The largest absolute Gasteiger partial charge is 0.331 e. The van der Waals surface area contributed by atoms with E-state index in [1.165, 1.54) is 6.33 Å². The molecule has 9 nitrogen and oxygen atoms in total. The van der Waals surface area contributed by atoms with Crippen LogP contribution in [0.1, 0.15) is 37.1 Å². The SMILES string of the molecule is Cc1cc(C)n(-c2ccc(NC(=O)[C@H]3CCCCN3C(=O)CCn3cncn3)cc2)n1. The number of amides is 2. The molecule has 0 bridgehead atoms. The van der Waals surface area contributed by atoms with Crippen LogP contribution < -0.4 is 5.32 Å². The van der Waals surface area contributed by atoms with Crippen LogP contribution in [0.5, 0.6) is 0 Å². The first-order chi connectivity index (χ1) is 15.0. The Morgan fingerprint density at radius 2 is 1.97 bits per heavy atom. The Morgan fingerprint density at radius 1 is 1.16 bits per heavy atom. The van der Waals surface area contributed by atoms with E-state index in [0.29, 0.717) is 31.6 Å². The van der Waals surface area contributed by atoms with Gasteiger partial charge in [-0.25, -0.2) is 9.67 Å². The Kier molecular flexibility index (Phi) is 6.11. The Hall–Kier alpha value is -3.49. The second-order valence-electron chi connectivity index (χ2n) is 7.88. The van der Waals surface area contributed by atoms with Gasteiger partial charge in [-0.1, -0.05) is 0 Å². The summed E-state index contributed by atoms with van der Waals surface area (Å²) in [7, 11) is 0. The standard InChI is InChI=1S/C22H27N7O2/c1-16-13-17(2)29(26-16)19-8-6-18(7-9-19)25-22(31)20-5-3-4-11-28(20)21(30)10-12-27-15-23-14-24-27/h6-9,13-15,20H,3-5,10-12H2,1-2H3,(H,25,31)/t20-/m1/s1. The van der Waals surface area contributed by atoms with Crippen molar-refractivity contribution < 1.29 is 9.59 Å². The summed E-state index contributed by atoms with van der Waals surface area (Å²) in [4.78, 5) is 31.3. The summed E-state index contributed by atoms with van der Waals surface area (Å²) in [5.74, 6) is -0.178. The van der Waals surface area contributed by atoms with Crippen molar-refractivity contribution in [2.75, 3.05) is 11.9 Å². The van der Waals surface area contributed by atoms with Gasteiger partial charge in [0.2, 0.25) is 11.8 Å². The molecule has 162 valence electrons. The van der Waals surface area contributed by atoms with Crippen LogP contribution in [0, 0.1) is 13.8 Å². The number of piperidine rings is 1. The minimum absolute atomic E-state index is 0.0322. The Bertz CT molecular complexity index is 1040. The number of likely N-dealkylation sites (tertiary alicyclic amines) is 1. The van der Waals surface area contributed by atoms with E-state index < -0.39 is 6.04 Å². The number of rotatable bonds is 6. The third-order valence-corrected chi connectivity index (χ3v) is 5.54. The lowest BCUT2D eigenvalue weighted by atomic mass is 10.0. The van der Waals surface area contributed by atoms with E-state index in [9.17, 15) is 9.59 Å². The molecule has 0 spiro atoms. The molecule has 2 aromatic heterocycles. The number of nitrogens with one attached hydrogen (secondary N) is 1. The number of benzene rings is 1. The fraction of sp³-hybridized carbons (Fsp3) is 0.409. The third-order valence-electron chi connectivity index (χ3n) is 5.54. The second-order valence-corrected chi connectivity index (χ2v) is 7.88. The van der Waals surface area contributed by atoms with Crippen LogP contribution in [0.4, 0.5) is 5.69 Å². The van der Waals surface area contributed by atoms with E-state index in [1.54, 1.807) is 15.9 Å². The van der Waals surface area contributed by atoms with E-state index in [4.69, 9.17) is 0 Å². The molecule has 0 unspecified atom stereocenters. The molecule has 0 aliphatic carbocycles. The van der Waals surface area contributed by atoms with Gasteiger partial charge in [0.1, 0.15) is 18.7 Å². The minimum Gasteiger partial charge on any atom is -0.331 e. The molecular formula is C22H27N7O2. The molecule has 0 radical (unpaired) electrons. The van der Waals surface area contributed by atoms with Crippen LogP contribution in [0.2, 0.25) is 0 Å². The summed E-state index contributed by atoms with van der Waals surface area (Å²) in [6.07, 6.45) is 5.85. The fourth-order valence-electron chi connectivity index (χ4n) is 4.01. The molecule has 1 aliphatic rings. The van der Waals surface area contributed by atoms with Crippen molar-refractivity contribution in [1.29, 1.82) is 0 Å². The second kappa shape index (κ2) is 9.11. The molecule has 31 heavy (non-hydrogen) atoms. The van der Waals surface area contributed by atoms with E-state index in [0.717, 1.165) is 29.9 Å². The smallest absolute Gasteiger partial charge is 0.247 e. The molecule has 2 amide bonds. The average molecular weight is 422 g/mol. The number of carbonyl (C=O) groups is 2. The zero-order valence-electron chi connectivity index (χ0n) is 17.9. The first-order valence-corrected chi connectivity index (χ1v) is 10.6. The number of aromatic nitrogens is 5. The van der Waals surface area contributed by atoms with Crippen LogP contribution >= 0.6 is 0 Å². The molecule has 3 aromatic rings. The predicted molar refractivity (Wildman–Crippen MR) is 116 cm³/mol. The highest BCUT2D eigenvalue weighted by Crippen LogP contribution is 2.21. The minimum atomic E-state index is -0.451. The molecule has 1 N–H and O–H groups in total. The van der Waals surface area contributed by atoms with Gasteiger partial charge in [0.25, 0.3) is 0 Å². The zero-order valence-corrected chi connectivity index (χ0v) is 17.9. The van der Waals surface area contributed by atoms with Crippen LogP contribution in [-0.2, 0) is 16.1 Å². The zero-order chi connectivity index (χ0) is 21.8. The van der Waals surface area contributed by atoms with E-state index in [1.807, 2.05) is 48.9 Å². The molecule has 1 atom stereocenters. The van der Waals surface area contributed by atoms with Crippen molar-refractivity contribution in [3.8, 4) is 5.69 Å². The molecule has 3 heterocycles. The highest BCUT2D eigenvalue weighted by Gasteiger charge is 2.31. The number of aryl methyl sites for hydroxylation is 3. The Labute approximate surface area is 181 Å². The molecule has 4 rings (SSSR count). The van der Waals surface area contributed by atoms with Crippen molar-refractivity contribution in [2.24, 2.45) is 0 Å². The van der Waals surface area contributed by atoms with Crippen LogP contribution in [0.3, 0.4) is 0 Å². The van der Waals surface area contributed by atoms with Crippen LogP contribution in [-0.4, -0.2) is 53.8 Å². The molecule has 9 heteroatoms. The van der Waals surface area contributed by atoms with E-state index in [2.05, 4.69) is 20.5 Å². The molecule has 1 saturated heterocycles. The summed E-state index contributed by atoms with van der Waals surface area (Å²) in [5.41, 5.74) is 3.65. The molecule has 1 fully saturated rings. The maximum Gasteiger partial charge on any atom is 0.247 e. The number of hydrogen-bond acceptors (Lipinski definition) is 5. The number of anilines is 1. The summed E-state index contributed by atoms with van der Waals surface area (Å²) in [6, 6.07) is 9.15. The van der Waals surface area contributed by atoms with Gasteiger partial charge in [-0.05, 0) is 63.4 Å². The van der Waals surface area contributed by atoms with Gasteiger partial charge >= 0.3 is 0 Å². The van der Waals surface area contributed by atoms with Crippen molar-refractivity contribution in [3.05, 3.63) is 54.4 Å². The lowest BCUT2D eigenvalue weighted by Gasteiger charge is -2.34. The summed E-state index contributed by atoms with van der Waals surface area (Å²) in [6.45, 7) is 5.02. The third kappa shape index (κ3) is 4.82. The number of hydrogen-bond donors (Lipinski definition) is 1. The monoisotopic (exact) mass is 421 g/mol. The first kappa shape index (κ1) is 20.8. The van der Waals surface area contributed by atoms with Crippen molar-refractivity contribution in [3.63, 3.8) is 0 Å². The first-order valence-electron chi connectivity index (χ1n) is 10.6. The van der Waals surface area contributed by atoms with Gasteiger partial charge in [0, 0.05) is 24.3 Å². The van der Waals surface area contributed by atoms with Crippen molar-refractivity contribution in [2.45, 2.75) is 52.1 Å². The van der Waals surface area contributed by atoms with Crippen LogP contribution in [0.15, 0.2) is 43.0 Å². The normalized spacial score (nSPS) is 16.3. The molecule has 1 aromatic carbocycles. The topological polar surface area (TPSA) is 97.9 Å². The quantitative estimate of drug-likeness (QED) is 0.659. The highest BCUT2D eigenvalue weighted by molar-refractivity contribution is 5.97. The highest BCUT2D eigenvalue weighted by atomic mass is 16.2. The average Bonchev–Trinajstić information content (AvgIpc) is 3.41. The van der Waals surface area contributed by atoms with Crippen LogP contribution in [0.25, 0.3) is 5.69 Å². The summed E-state index contributed by atoms with van der Waals surface area (Å²) < 4.78 is 3.50. The van der Waals surface area contributed by atoms with Crippen molar-refractivity contribution in [1.82, 2.24) is 29.4 Å². The predicted octanol–water partition coefficient (Wildman–Crippen LogP) is 2.49. The van der Waals surface area contributed by atoms with Gasteiger partial charge in [0.05, 0.1) is 17.9 Å². The van der Waals surface area contributed by atoms with Gasteiger partial charge in [-0.3, -0.25) is 14.3 Å². The Balaban J connectivity index is 1.40. The number of carbonyl (C=O) groups excluding carboxylic acids is 2. The van der Waals surface area contributed by atoms with E-state index >= 15 is 0 Å². The van der Waals surface area contributed by atoms with Gasteiger partial charge in [-0.15, -0.1) is 0 Å². The molecule has 0 saturated carbocycles. The van der Waals surface area contributed by atoms with Gasteiger partial charge < -0.3 is 10.2 Å². The Morgan fingerprint density at radius 3 is 2.65 bits per heavy atom. The lowest BCUT2D eigenvalue weighted by molar-refractivity contribution is -0.140. The summed E-state index contributed by atoms with van der Waals surface area (Å²) >= 11 is 0. The lowest BCUT2D eigenvalue weighted by Crippen LogP contribution is -2.50. The van der Waals surface area contributed by atoms with E-state index in [-0.39, 0.29) is 11.8 Å². The molecule has 1 aliphatic heterocycles. The summed E-state index contributed by atoms with van der Waals surface area (Å²) in [5, 5.41) is 11.5. The maximum atomic E-state index is 13.0.